The summed E-state index contributed by atoms with van der Waals surface area (Å²) in [6.45, 7) is 0. The van der Waals surface area contributed by atoms with Gasteiger partial charge in [0.1, 0.15) is 11.9 Å². The molecule has 0 atom stereocenters. The van der Waals surface area contributed by atoms with E-state index in [1.807, 2.05) is 10.5 Å². The Morgan fingerprint density at radius 2 is 2.33 bits per heavy atom. The van der Waals surface area contributed by atoms with Crippen LogP contribution in [0.4, 0.5) is 0 Å². The smallest absolute Gasteiger partial charge is 0.160 e. The van der Waals surface area contributed by atoms with Gasteiger partial charge in [-0.2, -0.15) is 17.0 Å². The van der Waals surface area contributed by atoms with Crippen molar-refractivity contribution in [1.82, 2.24) is 14.6 Å². The standard InChI is InChI=1S/C10H10N4S/c1-15-5-4-10-13-12-9-3-2-8(6-11)7-14(9)10/h2-3,7H,4-5H2,1H3. The molecule has 15 heavy (non-hydrogen) atoms. The molecular weight excluding hydrogens is 208 g/mol. The van der Waals surface area contributed by atoms with Gasteiger partial charge in [-0.15, -0.1) is 10.2 Å². The lowest BCUT2D eigenvalue weighted by molar-refractivity contribution is 0.915. The van der Waals surface area contributed by atoms with E-state index in [-0.39, 0.29) is 0 Å². The fourth-order valence-corrected chi connectivity index (χ4v) is 1.75. The summed E-state index contributed by atoms with van der Waals surface area (Å²) in [6, 6.07) is 5.68. The number of aryl methyl sites for hydroxylation is 1. The van der Waals surface area contributed by atoms with Crippen LogP contribution in [0.2, 0.25) is 0 Å². The van der Waals surface area contributed by atoms with Crippen molar-refractivity contribution < 1.29 is 0 Å². The minimum atomic E-state index is 0.632. The zero-order valence-electron chi connectivity index (χ0n) is 8.34. The summed E-state index contributed by atoms with van der Waals surface area (Å²) < 4.78 is 1.88. The van der Waals surface area contributed by atoms with Crippen LogP contribution < -0.4 is 0 Å². The predicted molar refractivity (Wildman–Crippen MR) is 59.8 cm³/mol. The molecule has 0 aliphatic carbocycles. The minimum absolute atomic E-state index is 0.632. The summed E-state index contributed by atoms with van der Waals surface area (Å²) in [5.41, 5.74) is 1.43. The van der Waals surface area contributed by atoms with E-state index in [2.05, 4.69) is 22.5 Å². The Morgan fingerprint density at radius 3 is 3.07 bits per heavy atom. The highest BCUT2D eigenvalue weighted by Crippen LogP contribution is 2.08. The number of pyridine rings is 1. The summed E-state index contributed by atoms with van der Waals surface area (Å²) in [7, 11) is 0. The van der Waals surface area contributed by atoms with Crippen LogP contribution in [0, 0.1) is 11.3 Å². The molecule has 2 aromatic heterocycles. The third-order valence-electron chi connectivity index (χ3n) is 2.13. The van der Waals surface area contributed by atoms with Gasteiger partial charge in [0.05, 0.1) is 5.56 Å². The van der Waals surface area contributed by atoms with Gasteiger partial charge in [-0.05, 0) is 18.4 Å². The van der Waals surface area contributed by atoms with Crippen molar-refractivity contribution >= 4 is 17.4 Å². The topological polar surface area (TPSA) is 54.0 Å². The number of fused-ring (bicyclic) bond motifs is 1. The second kappa shape index (κ2) is 4.32. The first-order valence-electron chi connectivity index (χ1n) is 4.58. The predicted octanol–water partition coefficient (Wildman–Crippen LogP) is 1.51. The molecule has 2 heterocycles. The van der Waals surface area contributed by atoms with Gasteiger partial charge in [-0.25, -0.2) is 0 Å². The van der Waals surface area contributed by atoms with E-state index in [4.69, 9.17) is 5.26 Å². The van der Waals surface area contributed by atoms with Crippen molar-refractivity contribution in [1.29, 1.82) is 5.26 Å². The fourth-order valence-electron chi connectivity index (χ4n) is 1.37. The molecule has 0 saturated heterocycles. The number of aromatic nitrogens is 3. The Labute approximate surface area is 91.9 Å². The number of thioether (sulfide) groups is 1. The summed E-state index contributed by atoms with van der Waals surface area (Å²) in [5.74, 6) is 1.92. The summed E-state index contributed by atoms with van der Waals surface area (Å²) >= 11 is 1.77. The van der Waals surface area contributed by atoms with Crippen LogP contribution in [0.1, 0.15) is 11.4 Å². The number of rotatable bonds is 3. The first-order valence-corrected chi connectivity index (χ1v) is 5.97. The Kier molecular flexibility index (Phi) is 2.88. The van der Waals surface area contributed by atoms with Crippen molar-refractivity contribution in [2.45, 2.75) is 6.42 Å². The monoisotopic (exact) mass is 218 g/mol. The normalized spacial score (nSPS) is 10.4. The number of nitriles is 1. The highest BCUT2D eigenvalue weighted by Gasteiger charge is 2.04. The molecule has 0 saturated carbocycles. The molecule has 2 aromatic rings. The highest BCUT2D eigenvalue weighted by atomic mass is 32.2. The lowest BCUT2D eigenvalue weighted by Gasteiger charge is -1.98. The van der Waals surface area contributed by atoms with E-state index in [1.165, 1.54) is 0 Å². The van der Waals surface area contributed by atoms with Crippen LogP contribution in [0.3, 0.4) is 0 Å². The molecule has 0 aromatic carbocycles. The molecular formula is C10H10N4S. The number of nitrogens with zero attached hydrogens (tertiary/aromatic N) is 4. The largest absolute Gasteiger partial charge is 0.285 e. The van der Waals surface area contributed by atoms with Crippen molar-refractivity contribution in [3.8, 4) is 6.07 Å². The summed E-state index contributed by atoms with van der Waals surface area (Å²) in [4.78, 5) is 0. The van der Waals surface area contributed by atoms with E-state index in [0.29, 0.717) is 5.56 Å². The van der Waals surface area contributed by atoms with Gasteiger partial charge < -0.3 is 0 Å². The SMILES string of the molecule is CSCCc1nnc2ccc(C#N)cn12. The number of hydrogen-bond donors (Lipinski definition) is 0. The molecule has 0 unspecified atom stereocenters. The van der Waals surface area contributed by atoms with Crippen molar-refractivity contribution in [2.24, 2.45) is 0 Å². The lowest BCUT2D eigenvalue weighted by Crippen LogP contribution is -1.97. The third kappa shape index (κ3) is 1.95. The average Bonchev–Trinajstić information content (AvgIpc) is 2.68. The van der Waals surface area contributed by atoms with Gasteiger partial charge in [-0.3, -0.25) is 4.40 Å². The molecule has 0 aliphatic rings. The van der Waals surface area contributed by atoms with E-state index >= 15 is 0 Å². The van der Waals surface area contributed by atoms with Gasteiger partial charge in [0.15, 0.2) is 5.65 Å². The average molecular weight is 218 g/mol. The summed E-state index contributed by atoms with van der Waals surface area (Å²) in [6.07, 6.45) is 4.71. The number of hydrogen-bond acceptors (Lipinski definition) is 4. The van der Waals surface area contributed by atoms with Crippen LogP contribution in [-0.2, 0) is 6.42 Å². The van der Waals surface area contributed by atoms with Crippen LogP contribution in [0.5, 0.6) is 0 Å². The van der Waals surface area contributed by atoms with E-state index in [0.717, 1.165) is 23.6 Å². The summed E-state index contributed by atoms with van der Waals surface area (Å²) in [5, 5.41) is 16.9. The van der Waals surface area contributed by atoms with Gasteiger partial charge in [0.2, 0.25) is 0 Å². The van der Waals surface area contributed by atoms with Crippen molar-refractivity contribution in [2.75, 3.05) is 12.0 Å². The molecule has 76 valence electrons. The van der Waals surface area contributed by atoms with Crippen LogP contribution in [0.15, 0.2) is 18.3 Å². The molecule has 0 amide bonds. The van der Waals surface area contributed by atoms with Gasteiger partial charge in [-0.1, -0.05) is 0 Å². The van der Waals surface area contributed by atoms with E-state index in [1.54, 1.807) is 24.0 Å². The van der Waals surface area contributed by atoms with Crippen LogP contribution in [-0.4, -0.2) is 26.6 Å². The highest BCUT2D eigenvalue weighted by molar-refractivity contribution is 7.98. The Bertz CT molecular complexity index is 512. The zero-order valence-corrected chi connectivity index (χ0v) is 9.16. The van der Waals surface area contributed by atoms with Crippen molar-refractivity contribution in [3.63, 3.8) is 0 Å². The first-order chi connectivity index (χ1) is 7.35. The lowest BCUT2D eigenvalue weighted by atomic mass is 10.3. The van der Waals surface area contributed by atoms with Gasteiger partial charge >= 0.3 is 0 Å². The fraction of sp³-hybridized carbons (Fsp3) is 0.300. The molecule has 0 bridgehead atoms. The molecule has 0 radical (unpaired) electrons. The molecule has 0 N–H and O–H groups in total. The molecule has 2 rings (SSSR count). The van der Waals surface area contributed by atoms with Crippen LogP contribution >= 0.6 is 11.8 Å². The van der Waals surface area contributed by atoms with E-state index < -0.39 is 0 Å². The van der Waals surface area contributed by atoms with Gasteiger partial charge in [0.25, 0.3) is 0 Å². The third-order valence-corrected chi connectivity index (χ3v) is 2.74. The maximum Gasteiger partial charge on any atom is 0.160 e. The molecule has 0 aliphatic heterocycles. The molecule has 4 nitrogen and oxygen atoms in total. The molecule has 0 fully saturated rings. The quantitative estimate of drug-likeness (QED) is 0.783. The maximum absolute atomic E-state index is 8.79. The zero-order chi connectivity index (χ0) is 10.7. The minimum Gasteiger partial charge on any atom is -0.285 e. The second-order valence-corrected chi connectivity index (χ2v) is 4.10. The Hall–Kier alpha value is -1.54. The second-order valence-electron chi connectivity index (χ2n) is 3.12. The Morgan fingerprint density at radius 1 is 1.47 bits per heavy atom. The van der Waals surface area contributed by atoms with Crippen LogP contribution in [0.25, 0.3) is 5.65 Å². The molecule has 0 spiro atoms. The van der Waals surface area contributed by atoms with Crippen molar-refractivity contribution in [3.05, 3.63) is 29.7 Å². The first kappa shape index (κ1) is 9.99. The Balaban J connectivity index is 2.43. The maximum atomic E-state index is 8.79. The van der Waals surface area contributed by atoms with E-state index in [9.17, 15) is 0 Å². The molecule has 5 heteroatoms. The van der Waals surface area contributed by atoms with Gasteiger partial charge in [0, 0.05) is 18.4 Å².